The minimum atomic E-state index is -0.702. The molecule has 0 radical (unpaired) electrons. The Balaban J connectivity index is 1.89. The van der Waals surface area contributed by atoms with Gasteiger partial charge in [-0.2, -0.15) is 0 Å². The number of esters is 1. The number of carbonyl (C=O) groups is 1. The van der Waals surface area contributed by atoms with E-state index >= 15 is 0 Å². The highest BCUT2D eigenvalue weighted by molar-refractivity contribution is 5.91. The van der Waals surface area contributed by atoms with Crippen LogP contribution in [0.2, 0.25) is 0 Å². The van der Waals surface area contributed by atoms with Gasteiger partial charge in [0.05, 0.1) is 0 Å². The smallest absolute Gasteiger partial charge is 0.374 e. The van der Waals surface area contributed by atoms with Gasteiger partial charge in [0, 0.05) is 13.1 Å². The van der Waals surface area contributed by atoms with Gasteiger partial charge in [0.2, 0.25) is 11.5 Å². The van der Waals surface area contributed by atoms with Crippen molar-refractivity contribution < 1.29 is 13.9 Å². The highest BCUT2D eigenvalue weighted by Gasteiger charge is 2.18. The number of hydrogen-bond acceptors (Lipinski definition) is 5. The van der Waals surface area contributed by atoms with Gasteiger partial charge in [-0.3, -0.25) is 14.3 Å². The number of H-pyrrole nitrogens is 1. The molecule has 22 heavy (non-hydrogen) atoms. The van der Waals surface area contributed by atoms with Gasteiger partial charge in [-0.25, -0.2) is 9.59 Å². The Labute approximate surface area is 123 Å². The Bertz CT molecular complexity index is 949. The van der Waals surface area contributed by atoms with Crippen LogP contribution in [0.25, 0.3) is 11.1 Å². The van der Waals surface area contributed by atoms with Gasteiger partial charge in [-0.1, -0.05) is 30.3 Å². The second-order valence-electron chi connectivity index (χ2n) is 4.71. The predicted molar refractivity (Wildman–Crippen MR) is 77.6 cm³/mol. The molecule has 0 unspecified atom stereocenters. The number of aromatic nitrogens is 2. The molecular formula is C15H12N2O5. The number of nitrogens with zero attached hydrogens (tertiary/aromatic N) is 1. The number of furan rings is 1. The topological polar surface area (TPSA) is 94.3 Å². The van der Waals surface area contributed by atoms with Crippen molar-refractivity contribution in [1.29, 1.82) is 0 Å². The Morgan fingerprint density at radius 1 is 1.27 bits per heavy atom. The third kappa shape index (κ3) is 2.44. The van der Waals surface area contributed by atoms with Crippen LogP contribution < -0.4 is 11.2 Å². The highest BCUT2D eigenvalue weighted by Crippen LogP contribution is 2.15. The van der Waals surface area contributed by atoms with Crippen LogP contribution >= 0.6 is 0 Å². The zero-order valence-electron chi connectivity index (χ0n) is 11.7. The number of hydrogen-bond donors (Lipinski definition) is 1. The lowest BCUT2D eigenvalue weighted by molar-refractivity contribution is 0.0438. The van der Waals surface area contributed by atoms with Gasteiger partial charge in [-0.05, 0) is 5.56 Å². The van der Waals surface area contributed by atoms with Crippen LogP contribution in [0.4, 0.5) is 0 Å². The predicted octanol–water partition coefficient (Wildman–Crippen LogP) is 1.18. The average molecular weight is 300 g/mol. The van der Waals surface area contributed by atoms with Gasteiger partial charge in [-0.15, -0.1) is 0 Å². The lowest BCUT2D eigenvalue weighted by atomic mass is 10.2. The first-order chi connectivity index (χ1) is 10.6. The molecule has 0 fully saturated rings. The molecule has 3 rings (SSSR count). The Morgan fingerprint density at radius 3 is 2.73 bits per heavy atom. The van der Waals surface area contributed by atoms with E-state index in [9.17, 15) is 14.4 Å². The maximum atomic E-state index is 12.0. The molecule has 1 N–H and O–H groups in total. The summed E-state index contributed by atoms with van der Waals surface area (Å²) in [4.78, 5) is 37.3. The molecule has 7 nitrogen and oxygen atoms in total. The SMILES string of the molecule is Cn1c(=O)[nH]c(=O)c2cc(C(=O)OCc3ccccc3)oc21. The third-order valence-electron chi connectivity index (χ3n) is 3.20. The zero-order valence-corrected chi connectivity index (χ0v) is 11.7. The summed E-state index contributed by atoms with van der Waals surface area (Å²) in [7, 11) is 1.43. The fourth-order valence-corrected chi connectivity index (χ4v) is 2.03. The van der Waals surface area contributed by atoms with Crippen molar-refractivity contribution in [2.24, 2.45) is 7.05 Å². The Kier molecular flexibility index (Phi) is 3.38. The van der Waals surface area contributed by atoms with Gasteiger partial charge in [0.1, 0.15) is 12.0 Å². The molecule has 0 atom stereocenters. The third-order valence-corrected chi connectivity index (χ3v) is 3.20. The van der Waals surface area contributed by atoms with E-state index in [4.69, 9.17) is 9.15 Å². The van der Waals surface area contributed by atoms with Crippen molar-refractivity contribution in [1.82, 2.24) is 9.55 Å². The molecule has 0 saturated heterocycles. The normalized spacial score (nSPS) is 10.8. The van der Waals surface area contributed by atoms with E-state index in [1.54, 1.807) is 0 Å². The van der Waals surface area contributed by atoms with Crippen LogP contribution in [0, 0.1) is 0 Å². The molecule has 0 amide bonds. The molecule has 112 valence electrons. The second kappa shape index (κ2) is 5.36. The van der Waals surface area contributed by atoms with Crippen molar-refractivity contribution >= 4 is 17.1 Å². The summed E-state index contributed by atoms with van der Waals surface area (Å²) in [5.74, 6) is -0.829. The molecule has 7 heteroatoms. The Hall–Kier alpha value is -3.09. The number of ether oxygens (including phenoxy) is 1. The van der Waals surface area contributed by atoms with Crippen LogP contribution in [-0.2, 0) is 18.4 Å². The molecule has 2 heterocycles. The van der Waals surface area contributed by atoms with Crippen LogP contribution in [0.15, 0.2) is 50.4 Å². The number of rotatable bonds is 3. The largest absolute Gasteiger partial charge is 0.455 e. The average Bonchev–Trinajstić information content (AvgIpc) is 2.97. The quantitative estimate of drug-likeness (QED) is 0.733. The number of aryl methyl sites for hydroxylation is 1. The van der Waals surface area contributed by atoms with E-state index in [0.717, 1.165) is 10.1 Å². The number of carbonyl (C=O) groups excluding carboxylic acids is 1. The van der Waals surface area contributed by atoms with Gasteiger partial charge < -0.3 is 9.15 Å². The molecule has 0 bridgehead atoms. The molecule has 0 aliphatic rings. The van der Waals surface area contributed by atoms with E-state index < -0.39 is 17.2 Å². The van der Waals surface area contributed by atoms with Crippen LogP contribution in [0.1, 0.15) is 16.1 Å². The van der Waals surface area contributed by atoms with Gasteiger partial charge >= 0.3 is 11.7 Å². The maximum Gasteiger partial charge on any atom is 0.374 e. The summed E-state index contributed by atoms with van der Waals surface area (Å²) < 4.78 is 11.5. The highest BCUT2D eigenvalue weighted by atomic mass is 16.5. The van der Waals surface area contributed by atoms with E-state index in [1.165, 1.54) is 13.1 Å². The number of nitrogens with one attached hydrogen (secondary N) is 1. The monoisotopic (exact) mass is 300 g/mol. The van der Waals surface area contributed by atoms with Crippen molar-refractivity contribution in [2.75, 3.05) is 0 Å². The lowest BCUT2D eigenvalue weighted by Crippen LogP contribution is -2.27. The minimum absolute atomic E-state index is 0.0282. The summed E-state index contributed by atoms with van der Waals surface area (Å²) >= 11 is 0. The molecule has 0 aliphatic carbocycles. The molecule has 2 aromatic heterocycles. The number of fused-ring (bicyclic) bond motifs is 1. The summed E-state index contributed by atoms with van der Waals surface area (Å²) in [6.07, 6.45) is 0. The number of aromatic amines is 1. The lowest BCUT2D eigenvalue weighted by Gasteiger charge is -2.02. The second-order valence-corrected chi connectivity index (χ2v) is 4.71. The molecule has 0 spiro atoms. The van der Waals surface area contributed by atoms with Crippen LogP contribution in [0.3, 0.4) is 0 Å². The van der Waals surface area contributed by atoms with E-state index in [1.807, 2.05) is 30.3 Å². The first kappa shape index (κ1) is 13.9. The van der Waals surface area contributed by atoms with Crippen LogP contribution in [0.5, 0.6) is 0 Å². The number of benzene rings is 1. The molecule has 0 aliphatic heterocycles. The van der Waals surface area contributed by atoms with E-state index in [-0.39, 0.29) is 23.5 Å². The minimum Gasteiger partial charge on any atom is -0.455 e. The van der Waals surface area contributed by atoms with Crippen molar-refractivity contribution in [2.45, 2.75) is 6.61 Å². The molecular weight excluding hydrogens is 288 g/mol. The Morgan fingerprint density at radius 2 is 2.00 bits per heavy atom. The van der Waals surface area contributed by atoms with Gasteiger partial charge in [0.25, 0.3) is 5.56 Å². The van der Waals surface area contributed by atoms with E-state index in [2.05, 4.69) is 4.98 Å². The fourth-order valence-electron chi connectivity index (χ4n) is 2.03. The summed E-state index contributed by atoms with van der Waals surface area (Å²) in [5.41, 5.74) is -0.363. The first-order valence-corrected chi connectivity index (χ1v) is 6.50. The summed E-state index contributed by atoms with van der Waals surface area (Å²) in [6, 6.07) is 10.4. The maximum absolute atomic E-state index is 12.0. The van der Waals surface area contributed by atoms with Crippen molar-refractivity contribution in [3.8, 4) is 0 Å². The van der Waals surface area contributed by atoms with Crippen molar-refractivity contribution in [3.05, 3.63) is 68.6 Å². The molecule has 3 aromatic rings. The zero-order chi connectivity index (χ0) is 15.7. The van der Waals surface area contributed by atoms with E-state index in [0.29, 0.717) is 0 Å². The van der Waals surface area contributed by atoms with Gasteiger partial charge in [0.15, 0.2) is 0 Å². The first-order valence-electron chi connectivity index (χ1n) is 6.50. The summed E-state index contributed by atoms with van der Waals surface area (Å²) in [5, 5.41) is 0.119. The molecule has 1 aromatic carbocycles. The fraction of sp³-hybridized carbons (Fsp3) is 0.133. The van der Waals surface area contributed by atoms with Crippen LogP contribution in [-0.4, -0.2) is 15.5 Å². The summed E-state index contributed by atoms with van der Waals surface area (Å²) in [6.45, 7) is 0.0893. The standard InChI is InChI=1S/C15H12N2O5/c1-17-13-10(12(18)16-15(17)20)7-11(22-13)14(19)21-8-9-5-3-2-4-6-9/h2-7H,8H2,1H3,(H,16,18,20). The van der Waals surface area contributed by atoms with Crippen molar-refractivity contribution in [3.63, 3.8) is 0 Å². The molecule has 0 saturated carbocycles.